The maximum Gasteiger partial charge on any atom is 0.225 e. The Kier molecular flexibility index (Phi) is 4.31. The minimum atomic E-state index is 0.131. The summed E-state index contributed by atoms with van der Waals surface area (Å²) in [5.74, 6) is 2.21. The highest BCUT2D eigenvalue weighted by atomic mass is 32.2. The molecule has 2 aliphatic heterocycles. The number of aromatic nitrogens is 2. The quantitative estimate of drug-likeness (QED) is 0.850. The Hall–Kier alpha value is -1.01. The lowest BCUT2D eigenvalue weighted by atomic mass is 10.1. The Bertz CT molecular complexity index is 471. The van der Waals surface area contributed by atoms with Crippen LogP contribution in [0.25, 0.3) is 0 Å². The molecule has 0 bridgehead atoms. The summed E-state index contributed by atoms with van der Waals surface area (Å²) in [6.45, 7) is 1.63. The number of rotatable bonds is 3. The molecule has 0 radical (unpaired) electrons. The van der Waals surface area contributed by atoms with E-state index >= 15 is 0 Å². The summed E-state index contributed by atoms with van der Waals surface area (Å²) in [7, 11) is 1.91. The first-order valence-electron chi connectivity index (χ1n) is 7.21. The molecule has 6 heteroatoms. The topological polar surface area (TPSA) is 47.4 Å². The van der Waals surface area contributed by atoms with Crippen molar-refractivity contribution < 1.29 is 9.53 Å². The number of amides is 1. The van der Waals surface area contributed by atoms with Gasteiger partial charge in [0, 0.05) is 43.5 Å². The van der Waals surface area contributed by atoms with Gasteiger partial charge in [-0.2, -0.15) is 16.9 Å². The van der Waals surface area contributed by atoms with E-state index < -0.39 is 0 Å². The summed E-state index contributed by atoms with van der Waals surface area (Å²) in [6.07, 6.45) is 6.66. The van der Waals surface area contributed by atoms with Crippen LogP contribution >= 0.6 is 11.8 Å². The zero-order valence-electron chi connectivity index (χ0n) is 11.8. The molecule has 2 atom stereocenters. The van der Waals surface area contributed by atoms with E-state index in [4.69, 9.17) is 4.74 Å². The van der Waals surface area contributed by atoms with Gasteiger partial charge in [0.2, 0.25) is 5.91 Å². The molecule has 2 saturated heterocycles. The van der Waals surface area contributed by atoms with Crippen molar-refractivity contribution in [2.24, 2.45) is 7.05 Å². The van der Waals surface area contributed by atoms with E-state index in [9.17, 15) is 4.79 Å². The van der Waals surface area contributed by atoms with Crippen LogP contribution in [0, 0.1) is 0 Å². The molecular formula is C14H21N3O2S. The number of aryl methyl sites for hydroxylation is 1. The van der Waals surface area contributed by atoms with Crippen LogP contribution in [0.15, 0.2) is 12.4 Å². The van der Waals surface area contributed by atoms with Crippen LogP contribution in [0.1, 0.15) is 30.9 Å². The van der Waals surface area contributed by atoms with E-state index in [1.54, 1.807) is 4.68 Å². The van der Waals surface area contributed by atoms with E-state index in [1.807, 2.05) is 36.1 Å². The molecule has 1 aromatic rings. The molecule has 1 aromatic heterocycles. The third kappa shape index (κ3) is 3.01. The molecule has 2 fully saturated rings. The average molecular weight is 295 g/mol. The van der Waals surface area contributed by atoms with Gasteiger partial charge in [0.15, 0.2) is 0 Å². The Balaban J connectivity index is 1.69. The zero-order valence-corrected chi connectivity index (χ0v) is 12.6. The molecule has 0 unspecified atom stereocenters. The SMILES string of the molecule is Cn1cc([C@@H]2CSCCN2C(=O)C[C@H]2CCCO2)cn1. The van der Waals surface area contributed by atoms with Crippen molar-refractivity contribution in [3.63, 3.8) is 0 Å². The van der Waals surface area contributed by atoms with Gasteiger partial charge in [-0.1, -0.05) is 0 Å². The highest BCUT2D eigenvalue weighted by molar-refractivity contribution is 7.99. The molecule has 0 N–H and O–H groups in total. The van der Waals surface area contributed by atoms with Gasteiger partial charge in [-0.3, -0.25) is 9.48 Å². The fourth-order valence-electron chi connectivity index (χ4n) is 2.91. The second-order valence-electron chi connectivity index (χ2n) is 5.46. The Morgan fingerprint density at radius 3 is 3.20 bits per heavy atom. The van der Waals surface area contributed by atoms with Gasteiger partial charge in [-0.15, -0.1) is 0 Å². The molecule has 0 aromatic carbocycles. The number of hydrogen-bond donors (Lipinski definition) is 0. The third-order valence-corrected chi connectivity index (χ3v) is 5.01. The number of ether oxygens (including phenoxy) is 1. The van der Waals surface area contributed by atoms with Gasteiger partial charge in [0.05, 0.1) is 24.8 Å². The fraction of sp³-hybridized carbons (Fsp3) is 0.714. The summed E-state index contributed by atoms with van der Waals surface area (Å²) in [5, 5.41) is 4.23. The predicted octanol–water partition coefficient (Wildman–Crippen LogP) is 1.61. The molecular weight excluding hydrogens is 274 g/mol. The van der Waals surface area contributed by atoms with E-state index in [1.165, 1.54) is 0 Å². The van der Waals surface area contributed by atoms with Crippen molar-refractivity contribution in [2.75, 3.05) is 24.7 Å². The number of carbonyl (C=O) groups excluding carboxylic acids is 1. The Morgan fingerprint density at radius 1 is 1.60 bits per heavy atom. The van der Waals surface area contributed by atoms with Crippen molar-refractivity contribution in [3.05, 3.63) is 18.0 Å². The lowest BCUT2D eigenvalue weighted by molar-refractivity contribution is -0.135. The highest BCUT2D eigenvalue weighted by Crippen LogP contribution is 2.30. The van der Waals surface area contributed by atoms with Crippen LogP contribution < -0.4 is 0 Å². The molecule has 3 heterocycles. The van der Waals surface area contributed by atoms with Crippen molar-refractivity contribution in [2.45, 2.75) is 31.4 Å². The monoisotopic (exact) mass is 295 g/mol. The summed E-state index contributed by atoms with van der Waals surface area (Å²) in [5.41, 5.74) is 1.14. The second kappa shape index (κ2) is 6.18. The van der Waals surface area contributed by atoms with Crippen LogP contribution in [-0.2, 0) is 16.6 Å². The normalized spacial score (nSPS) is 26.9. The smallest absolute Gasteiger partial charge is 0.225 e. The van der Waals surface area contributed by atoms with Crippen LogP contribution in [0.3, 0.4) is 0 Å². The standard InChI is InChI=1S/C14H21N3O2S/c1-16-9-11(8-15-16)13-10-20-6-4-17(13)14(18)7-12-3-2-5-19-12/h8-9,12-13H,2-7,10H2,1H3/t12-,13+/m1/s1. The molecule has 3 rings (SSSR count). The lowest BCUT2D eigenvalue weighted by Crippen LogP contribution is -2.41. The van der Waals surface area contributed by atoms with Crippen LogP contribution in [0.4, 0.5) is 0 Å². The van der Waals surface area contributed by atoms with Crippen molar-refractivity contribution in [3.8, 4) is 0 Å². The number of carbonyl (C=O) groups is 1. The van der Waals surface area contributed by atoms with Gasteiger partial charge in [-0.25, -0.2) is 0 Å². The molecule has 1 amide bonds. The predicted molar refractivity (Wildman–Crippen MR) is 78.6 cm³/mol. The largest absolute Gasteiger partial charge is 0.378 e. The molecule has 20 heavy (non-hydrogen) atoms. The first-order chi connectivity index (χ1) is 9.74. The van der Waals surface area contributed by atoms with Gasteiger partial charge >= 0.3 is 0 Å². The second-order valence-corrected chi connectivity index (χ2v) is 6.61. The lowest BCUT2D eigenvalue weighted by Gasteiger charge is -2.35. The number of thioether (sulfide) groups is 1. The third-order valence-electron chi connectivity index (χ3n) is 3.98. The summed E-state index contributed by atoms with van der Waals surface area (Å²) in [4.78, 5) is 14.6. The maximum atomic E-state index is 12.6. The fourth-order valence-corrected chi connectivity index (χ4v) is 4.00. The maximum absolute atomic E-state index is 12.6. The molecule has 2 aliphatic rings. The summed E-state index contributed by atoms with van der Waals surface area (Å²) < 4.78 is 7.39. The van der Waals surface area contributed by atoms with Crippen LogP contribution in [0.2, 0.25) is 0 Å². The van der Waals surface area contributed by atoms with Gasteiger partial charge in [0.1, 0.15) is 0 Å². The van der Waals surface area contributed by atoms with Gasteiger partial charge < -0.3 is 9.64 Å². The molecule has 110 valence electrons. The van der Waals surface area contributed by atoms with E-state index in [-0.39, 0.29) is 18.1 Å². The Labute approximate surface area is 123 Å². The van der Waals surface area contributed by atoms with Gasteiger partial charge in [-0.05, 0) is 12.8 Å². The van der Waals surface area contributed by atoms with Crippen LogP contribution in [0.5, 0.6) is 0 Å². The molecule has 0 saturated carbocycles. The van der Waals surface area contributed by atoms with Crippen LogP contribution in [-0.4, -0.2) is 51.3 Å². The van der Waals surface area contributed by atoms with Gasteiger partial charge in [0.25, 0.3) is 0 Å². The minimum absolute atomic E-state index is 0.131. The first-order valence-corrected chi connectivity index (χ1v) is 8.37. The Morgan fingerprint density at radius 2 is 2.50 bits per heavy atom. The highest BCUT2D eigenvalue weighted by Gasteiger charge is 2.31. The molecule has 0 aliphatic carbocycles. The van der Waals surface area contributed by atoms with Crippen molar-refractivity contribution >= 4 is 17.7 Å². The van der Waals surface area contributed by atoms with E-state index in [0.717, 1.165) is 43.1 Å². The van der Waals surface area contributed by atoms with E-state index in [2.05, 4.69) is 5.10 Å². The zero-order chi connectivity index (χ0) is 13.9. The minimum Gasteiger partial charge on any atom is -0.378 e. The molecule has 5 nitrogen and oxygen atoms in total. The van der Waals surface area contributed by atoms with E-state index in [0.29, 0.717) is 6.42 Å². The van der Waals surface area contributed by atoms with Crippen molar-refractivity contribution in [1.29, 1.82) is 0 Å². The number of hydrogen-bond acceptors (Lipinski definition) is 4. The number of nitrogens with zero attached hydrogens (tertiary/aromatic N) is 3. The molecule has 0 spiro atoms. The average Bonchev–Trinajstić information content (AvgIpc) is 3.10. The van der Waals surface area contributed by atoms with Crippen molar-refractivity contribution in [1.82, 2.24) is 14.7 Å². The summed E-state index contributed by atoms with van der Waals surface area (Å²) >= 11 is 1.91. The first kappa shape index (κ1) is 13.9. The summed E-state index contributed by atoms with van der Waals surface area (Å²) in [6, 6.07) is 0.163.